The van der Waals surface area contributed by atoms with Crippen molar-refractivity contribution < 1.29 is 8.42 Å². The lowest BCUT2D eigenvalue weighted by Gasteiger charge is -2.10. The minimum atomic E-state index is -3.61. The molecular weight excluding hydrogens is 342 g/mol. The molecule has 1 aromatic heterocycles. The average Bonchev–Trinajstić information content (AvgIpc) is 3.00. The van der Waals surface area contributed by atoms with Crippen LogP contribution in [0.2, 0.25) is 0 Å². The fraction of sp³-hybridized carbons (Fsp3) is 0.118. The lowest BCUT2D eigenvalue weighted by Crippen LogP contribution is -2.27. The van der Waals surface area contributed by atoms with Crippen LogP contribution in [0.1, 0.15) is 6.92 Å². The summed E-state index contributed by atoms with van der Waals surface area (Å²) < 4.78 is 26.8. The zero-order valence-corrected chi connectivity index (χ0v) is 14.7. The molecule has 124 valence electrons. The van der Waals surface area contributed by atoms with Gasteiger partial charge in [0.05, 0.1) is 10.4 Å². The van der Waals surface area contributed by atoms with Crippen LogP contribution in [0.5, 0.6) is 0 Å². The van der Waals surface area contributed by atoms with Crippen LogP contribution in [0.3, 0.4) is 0 Å². The molecule has 0 aliphatic carbocycles. The molecule has 0 aliphatic rings. The number of nitrogens with one attached hydrogen (secondary N) is 2. The third-order valence-electron chi connectivity index (χ3n) is 3.55. The number of anilines is 1. The number of thiocarbonyl (C=S) groups is 1. The number of benzene rings is 2. The summed E-state index contributed by atoms with van der Waals surface area (Å²) in [5.74, 6) is 0. The summed E-state index contributed by atoms with van der Waals surface area (Å²) in [7, 11) is -3.61. The van der Waals surface area contributed by atoms with Crippen molar-refractivity contribution in [3.8, 4) is 0 Å². The molecule has 0 saturated carbocycles. The first-order valence-electron chi connectivity index (χ1n) is 7.49. The number of hydrogen-bond donors (Lipinski definition) is 2. The van der Waals surface area contributed by atoms with Gasteiger partial charge in [-0.15, -0.1) is 0 Å². The molecule has 5 nitrogen and oxygen atoms in total. The van der Waals surface area contributed by atoms with Crippen molar-refractivity contribution in [2.45, 2.75) is 11.8 Å². The van der Waals surface area contributed by atoms with E-state index in [1.807, 2.05) is 19.1 Å². The lowest BCUT2D eigenvalue weighted by molar-refractivity contribution is 0.589. The van der Waals surface area contributed by atoms with Crippen LogP contribution in [0.4, 0.5) is 5.69 Å². The summed E-state index contributed by atoms with van der Waals surface area (Å²) in [6, 6.07) is 15.6. The Bertz CT molecular complexity index is 979. The fourth-order valence-electron chi connectivity index (χ4n) is 2.45. The van der Waals surface area contributed by atoms with Gasteiger partial charge in [-0.1, -0.05) is 18.2 Å². The Hall–Kier alpha value is -2.38. The van der Waals surface area contributed by atoms with Crippen molar-refractivity contribution in [1.82, 2.24) is 9.29 Å². The summed E-state index contributed by atoms with van der Waals surface area (Å²) in [5, 5.41) is 7.44. The average molecular weight is 359 g/mol. The Labute approximate surface area is 146 Å². The van der Waals surface area contributed by atoms with E-state index in [1.54, 1.807) is 48.7 Å². The lowest BCUT2D eigenvalue weighted by atomic mass is 10.2. The van der Waals surface area contributed by atoms with Gasteiger partial charge in [-0.3, -0.25) is 0 Å². The molecule has 24 heavy (non-hydrogen) atoms. The molecule has 0 atom stereocenters. The Morgan fingerprint density at radius 1 is 1.12 bits per heavy atom. The molecule has 1 heterocycles. The highest BCUT2D eigenvalue weighted by atomic mass is 32.2. The van der Waals surface area contributed by atoms with Crippen molar-refractivity contribution in [3.63, 3.8) is 0 Å². The van der Waals surface area contributed by atoms with Crippen molar-refractivity contribution in [1.29, 1.82) is 0 Å². The third-order valence-corrected chi connectivity index (χ3v) is 5.50. The fourth-order valence-corrected chi connectivity index (χ4v) is 4.08. The molecule has 0 bridgehead atoms. The molecule has 3 rings (SSSR count). The van der Waals surface area contributed by atoms with Crippen LogP contribution in [0.25, 0.3) is 10.9 Å². The van der Waals surface area contributed by atoms with Gasteiger partial charge in [0, 0.05) is 23.8 Å². The summed E-state index contributed by atoms with van der Waals surface area (Å²) in [6.45, 7) is 2.70. The number of fused-ring (bicyclic) bond motifs is 1. The Kier molecular flexibility index (Phi) is 4.55. The van der Waals surface area contributed by atoms with Gasteiger partial charge in [-0.25, -0.2) is 12.4 Å². The number of aromatic nitrogens is 1. The van der Waals surface area contributed by atoms with Crippen LogP contribution in [-0.4, -0.2) is 24.0 Å². The SMILES string of the molecule is CCNC(=S)Nc1ccc2c(ccn2S(=O)(=O)c2ccccc2)c1. The molecule has 0 saturated heterocycles. The van der Waals surface area contributed by atoms with Crippen LogP contribution in [0, 0.1) is 0 Å². The smallest absolute Gasteiger partial charge is 0.268 e. The highest BCUT2D eigenvalue weighted by Gasteiger charge is 2.18. The predicted molar refractivity (Wildman–Crippen MR) is 101 cm³/mol. The molecule has 0 aliphatic heterocycles. The topological polar surface area (TPSA) is 63.1 Å². The van der Waals surface area contributed by atoms with Crippen LogP contribution < -0.4 is 10.6 Å². The molecule has 0 spiro atoms. The van der Waals surface area contributed by atoms with Gasteiger partial charge in [0.2, 0.25) is 0 Å². The molecular formula is C17H17N3O2S2. The zero-order chi connectivity index (χ0) is 17.2. The minimum Gasteiger partial charge on any atom is -0.363 e. The maximum Gasteiger partial charge on any atom is 0.268 e. The normalized spacial score (nSPS) is 11.4. The molecule has 0 amide bonds. The van der Waals surface area contributed by atoms with Gasteiger partial charge in [-0.05, 0) is 55.5 Å². The van der Waals surface area contributed by atoms with Crippen molar-refractivity contribution >= 4 is 43.9 Å². The molecule has 3 aromatic rings. The first-order valence-corrected chi connectivity index (χ1v) is 9.34. The second kappa shape index (κ2) is 6.62. The maximum atomic E-state index is 12.8. The van der Waals surface area contributed by atoms with Gasteiger partial charge in [0.15, 0.2) is 5.11 Å². The monoisotopic (exact) mass is 359 g/mol. The summed E-state index contributed by atoms with van der Waals surface area (Å²) >= 11 is 5.16. The van der Waals surface area contributed by atoms with E-state index >= 15 is 0 Å². The molecule has 0 unspecified atom stereocenters. The first kappa shape index (κ1) is 16.5. The predicted octanol–water partition coefficient (Wildman–Crippen LogP) is 3.18. The quantitative estimate of drug-likeness (QED) is 0.701. The van der Waals surface area contributed by atoms with Gasteiger partial charge in [-0.2, -0.15) is 0 Å². The summed E-state index contributed by atoms with van der Waals surface area (Å²) in [4.78, 5) is 0.262. The Morgan fingerprint density at radius 3 is 2.58 bits per heavy atom. The van der Waals surface area contributed by atoms with Crippen LogP contribution >= 0.6 is 12.2 Å². The number of rotatable bonds is 4. The van der Waals surface area contributed by atoms with E-state index in [0.717, 1.165) is 17.6 Å². The standard InChI is InChI=1S/C17H17N3O2S2/c1-2-18-17(23)19-14-8-9-16-13(12-14)10-11-20(16)24(21,22)15-6-4-3-5-7-15/h3-12H,2H2,1H3,(H2,18,19,23). The van der Waals surface area contributed by atoms with E-state index < -0.39 is 10.0 Å². The van der Waals surface area contributed by atoms with Gasteiger partial charge in [0.1, 0.15) is 0 Å². The third kappa shape index (κ3) is 3.13. The first-order chi connectivity index (χ1) is 11.5. The van der Waals surface area contributed by atoms with Crippen LogP contribution in [-0.2, 0) is 10.0 Å². The Balaban J connectivity index is 1.99. The van der Waals surface area contributed by atoms with E-state index in [1.165, 1.54) is 3.97 Å². The van der Waals surface area contributed by atoms with E-state index in [4.69, 9.17) is 12.2 Å². The molecule has 0 radical (unpaired) electrons. The van der Waals surface area contributed by atoms with E-state index in [2.05, 4.69) is 10.6 Å². The van der Waals surface area contributed by atoms with E-state index in [-0.39, 0.29) is 4.90 Å². The van der Waals surface area contributed by atoms with Crippen LogP contribution in [0.15, 0.2) is 65.7 Å². The van der Waals surface area contributed by atoms with E-state index in [0.29, 0.717) is 10.6 Å². The van der Waals surface area contributed by atoms with Gasteiger partial charge in [0.25, 0.3) is 10.0 Å². The van der Waals surface area contributed by atoms with Gasteiger partial charge < -0.3 is 10.6 Å². The van der Waals surface area contributed by atoms with Crippen molar-refractivity contribution in [2.24, 2.45) is 0 Å². The molecule has 0 fully saturated rings. The zero-order valence-electron chi connectivity index (χ0n) is 13.1. The number of nitrogens with zero attached hydrogens (tertiary/aromatic N) is 1. The second-order valence-corrected chi connectivity index (χ2v) is 7.41. The largest absolute Gasteiger partial charge is 0.363 e. The van der Waals surface area contributed by atoms with Gasteiger partial charge >= 0.3 is 0 Å². The highest BCUT2D eigenvalue weighted by Crippen LogP contribution is 2.24. The maximum absolute atomic E-state index is 12.8. The van der Waals surface area contributed by atoms with Crippen molar-refractivity contribution in [3.05, 3.63) is 60.8 Å². The number of hydrogen-bond acceptors (Lipinski definition) is 3. The summed E-state index contributed by atoms with van der Waals surface area (Å²) in [5.41, 5.74) is 1.43. The molecule has 2 N–H and O–H groups in total. The highest BCUT2D eigenvalue weighted by molar-refractivity contribution is 7.90. The Morgan fingerprint density at radius 2 is 1.88 bits per heavy atom. The minimum absolute atomic E-state index is 0.262. The van der Waals surface area contributed by atoms with Crippen molar-refractivity contribution in [2.75, 3.05) is 11.9 Å². The molecule has 7 heteroatoms. The summed E-state index contributed by atoms with van der Waals surface area (Å²) in [6.07, 6.45) is 1.57. The second-order valence-electron chi connectivity index (χ2n) is 5.19. The molecule has 2 aromatic carbocycles. The van der Waals surface area contributed by atoms with E-state index in [9.17, 15) is 8.42 Å².